The van der Waals surface area contributed by atoms with Gasteiger partial charge in [0.15, 0.2) is 5.82 Å². The van der Waals surface area contributed by atoms with Crippen LogP contribution in [0, 0.1) is 6.92 Å². The van der Waals surface area contributed by atoms with Gasteiger partial charge in [-0.2, -0.15) is 0 Å². The molecule has 1 aromatic heterocycles. The minimum Gasteiger partial charge on any atom is -0.336 e. The molecule has 0 saturated carbocycles. The van der Waals surface area contributed by atoms with Gasteiger partial charge in [0, 0.05) is 17.1 Å². The number of carbonyl (C=O) groups excluding carboxylic acids is 1. The number of halogens is 1. The molecule has 0 aliphatic rings. The highest BCUT2D eigenvalue weighted by Crippen LogP contribution is 2.25. The summed E-state index contributed by atoms with van der Waals surface area (Å²) in [6.45, 7) is 5.60. The summed E-state index contributed by atoms with van der Waals surface area (Å²) in [5.41, 5.74) is 1.54. The van der Waals surface area contributed by atoms with Gasteiger partial charge in [-0.15, -0.1) is 10.2 Å². The van der Waals surface area contributed by atoms with Crippen LogP contribution in [0.4, 0.5) is 5.69 Å². The van der Waals surface area contributed by atoms with Crippen molar-refractivity contribution < 1.29 is 4.79 Å². The lowest BCUT2D eigenvalue weighted by Gasteiger charge is -2.13. The first-order valence-corrected chi connectivity index (χ1v) is 8.11. The van der Waals surface area contributed by atoms with Crippen LogP contribution in [0.15, 0.2) is 23.4 Å². The number of amides is 1. The number of aryl methyl sites for hydroxylation is 1. The number of nitrogens with two attached hydrogens (primary N) is 1. The summed E-state index contributed by atoms with van der Waals surface area (Å²) in [4.78, 5) is 12.3. The summed E-state index contributed by atoms with van der Waals surface area (Å²) in [6.07, 6.45) is 0.687. The van der Waals surface area contributed by atoms with E-state index < -0.39 is 0 Å². The number of thioether (sulfide) groups is 1. The maximum atomic E-state index is 12.3. The number of aromatic nitrogens is 3. The normalized spacial score (nSPS) is 12.2. The first kappa shape index (κ1) is 16.6. The Labute approximate surface area is 138 Å². The van der Waals surface area contributed by atoms with Gasteiger partial charge in [-0.1, -0.05) is 36.4 Å². The second kappa shape index (κ2) is 7.02. The molecule has 22 heavy (non-hydrogen) atoms. The predicted molar refractivity (Wildman–Crippen MR) is 89.7 cm³/mol. The monoisotopic (exact) mass is 339 g/mol. The van der Waals surface area contributed by atoms with Gasteiger partial charge in [-0.25, -0.2) is 4.68 Å². The van der Waals surface area contributed by atoms with Crippen molar-refractivity contribution in [3.63, 3.8) is 0 Å². The second-order valence-corrected chi connectivity index (χ2v) is 6.50. The Hall–Kier alpha value is -1.73. The molecule has 0 fully saturated rings. The summed E-state index contributed by atoms with van der Waals surface area (Å²) < 4.78 is 1.42. The van der Waals surface area contributed by atoms with Gasteiger partial charge < -0.3 is 11.2 Å². The van der Waals surface area contributed by atoms with E-state index in [0.29, 0.717) is 28.1 Å². The Balaban J connectivity index is 2.06. The molecule has 0 aliphatic carbocycles. The number of nitrogens with one attached hydrogen (secondary N) is 1. The molecule has 1 atom stereocenters. The summed E-state index contributed by atoms with van der Waals surface area (Å²) in [5, 5.41) is 11.6. The molecular weight excluding hydrogens is 322 g/mol. The molecular formula is C14H18ClN5OS. The van der Waals surface area contributed by atoms with E-state index in [9.17, 15) is 4.79 Å². The van der Waals surface area contributed by atoms with E-state index in [4.69, 9.17) is 17.4 Å². The van der Waals surface area contributed by atoms with E-state index in [1.807, 2.05) is 19.9 Å². The average molecular weight is 340 g/mol. The Morgan fingerprint density at radius 3 is 2.86 bits per heavy atom. The predicted octanol–water partition coefficient (Wildman–Crippen LogP) is 2.64. The van der Waals surface area contributed by atoms with Crippen molar-refractivity contribution in [3.05, 3.63) is 34.6 Å². The highest BCUT2D eigenvalue weighted by molar-refractivity contribution is 8.00. The quantitative estimate of drug-likeness (QED) is 0.646. The van der Waals surface area contributed by atoms with Crippen LogP contribution in [0.1, 0.15) is 25.2 Å². The zero-order valence-electron chi connectivity index (χ0n) is 12.6. The number of benzene rings is 1. The molecule has 0 spiro atoms. The fourth-order valence-corrected chi connectivity index (χ4v) is 2.78. The summed E-state index contributed by atoms with van der Waals surface area (Å²) >= 11 is 7.31. The standard InChI is InChI=1S/C14H18ClN5OS/c1-4-12-18-19-14(20(12)16)22-9(3)13(21)17-11-7-5-6-10(15)8(11)2/h5-7,9H,4,16H2,1-3H3,(H,17,21)/t9-/m1/s1. The van der Waals surface area contributed by atoms with E-state index in [1.54, 1.807) is 19.1 Å². The average Bonchev–Trinajstić information content (AvgIpc) is 2.84. The van der Waals surface area contributed by atoms with Gasteiger partial charge in [-0.05, 0) is 31.5 Å². The zero-order chi connectivity index (χ0) is 16.3. The van der Waals surface area contributed by atoms with Gasteiger partial charge in [0.25, 0.3) is 0 Å². The van der Waals surface area contributed by atoms with Gasteiger partial charge in [0.1, 0.15) is 0 Å². The van der Waals surface area contributed by atoms with Crippen molar-refractivity contribution in [1.29, 1.82) is 0 Å². The lowest BCUT2D eigenvalue weighted by Crippen LogP contribution is -2.24. The topological polar surface area (TPSA) is 85.8 Å². The highest BCUT2D eigenvalue weighted by Gasteiger charge is 2.19. The van der Waals surface area contributed by atoms with E-state index in [1.165, 1.54) is 16.4 Å². The van der Waals surface area contributed by atoms with Crippen LogP contribution in [0.2, 0.25) is 5.02 Å². The van der Waals surface area contributed by atoms with E-state index >= 15 is 0 Å². The van der Waals surface area contributed by atoms with Gasteiger partial charge >= 0.3 is 0 Å². The van der Waals surface area contributed by atoms with E-state index in [2.05, 4.69) is 15.5 Å². The maximum Gasteiger partial charge on any atom is 0.237 e. The minimum atomic E-state index is -0.366. The Morgan fingerprint density at radius 2 is 2.23 bits per heavy atom. The van der Waals surface area contributed by atoms with Crippen molar-refractivity contribution in [2.75, 3.05) is 11.2 Å². The van der Waals surface area contributed by atoms with Crippen molar-refractivity contribution in [2.45, 2.75) is 37.6 Å². The third kappa shape index (κ3) is 3.53. The molecule has 0 bridgehead atoms. The molecule has 0 radical (unpaired) electrons. The van der Waals surface area contributed by atoms with Crippen molar-refractivity contribution in [2.24, 2.45) is 0 Å². The fraction of sp³-hybridized carbons (Fsp3) is 0.357. The van der Waals surface area contributed by atoms with Gasteiger partial charge in [0.05, 0.1) is 5.25 Å². The third-order valence-electron chi connectivity index (χ3n) is 3.23. The van der Waals surface area contributed by atoms with Gasteiger partial charge in [0.2, 0.25) is 11.1 Å². The van der Waals surface area contributed by atoms with Crippen molar-refractivity contribution >= 4 is 35.0 Å². The summed E-state index contributed by atoms with van der Waals surface area (Å²) in [6, 6.07) is 5.40. The number of anilines is 1. The van der Waals surface area contributed by atoms with Crippen LogP contribution in [-0.2, 0) is 11.2 Å². The molecule has 8 heteroatoms. The number of rotatable bonds is 5. The van der Waals surface area contributed by atoms with E-state index in [-0.39, 0.29) is 11.2 Å². The molecule has 118 valence electrons. The Bertz CT molecular complexity index is 688. The number of nitrogen functional groups attached to an aromatic ring is 1. The Morgan fingerprint density at radius 1 is 1.50 bits per heavy atom. The molecule has 2 aromatic rings. The largest absolute Gasteiger partial charge is 0.336 e. The SMILES string of the molecule is CCc1nnc(S[C@H](C)C(=O)Nc2cccc(Cl)c2C)n1N. The number of carbonyl (C=O) groups is 1. The van der Waals surface area contributed by atoms with Crippen LogP contribution in [0.25, 0.3) is 0 Å². The zero-order valence-corrected chi connectivity index (χ0v) is 14.2. The van der Waals surface area contributed by atoms with Gasteiger partial charge in [-0.3, -0.25) is 4.79 Å². The maximum absolute atomic E-state index is 12.3. The van der Waals surface area contributed by atoms with Crippen LogP contribution in [0.3, 0.4) is 0 Å². The molecule has 6 nitrogen and oxygen atoms in total. The van der Waals surface area contributed by atoms with Crippen LogP contribution in [0.5, 0.6) is 0 Å². The molecule has 2 rings (SSSR count). The molecule has 0 saturated heterocycles. The Kier molecular flexibility index (Phi) is 5.31. The van der Waals surface area contributed by atoms with Crippen LogP contribution >= 0.6 is 23.4 Å². The third-order valence-corrected chi connectivity index (χ3v) is 4.69. The van der Waals surface area contributed by atoms with Crippen molar-refractivity contribution in [3.8, 4) is 0 Å². The summed E-state index contributed by atoms with van der Waals surface area (Å²) in [5.74, 6) is 6.42. The lowest BCUT2D eigenvalue weighted by atomic mass is 10.2. The molecule has 0 aliphatic heterocycles. The minimum absolute atomic E-state index is 0.142. The van der Waals surface area contributed by atoms with Crippen LogP contribution < -0.4 is 11.2 Å². The first-order valence-electron chi connectivity index (χ1n) is 6.86. The van der Waals surface area contributed by atoms with Crippen molar-refractivity contribution in [1.82, 2.24) is 14.9 Å². The van der Waals surface area contributed by atoms with Crippen LogP contribution in [-0.4, -0.2) is 26.0 Å². The molecule has 1 amide bonds. The highest BCUT2D eigenvalue weighted by atomic mass is 35.5. The lowest BCUT2D eigenvalue weighted by molar-refractivity contribution is -0.115. The number of hydrogen-bond acceptors (Lipinski definition) is 5. The number of nitrogens with zero attached hydrogens (tertiary/aromatic N) is 3. The number of hydrogen-bond donors (Lipinski definition) is 2. The molecule has 3 N–H and O–H groups in total. The smallest absolute Gasteiger partial charge is 0.237 e. The molecule has 0 unspecified atom stereocenters. The van der Waals surface area contributed by atoms with E-state index in [0.717, 1.165) is 5.56 Å². The first-order chi connectivity index (χ1) is 10.4. The molecule has 1 aromatic carbocycles. The molecule has 1 heterocycles. The fourth-order valence-electron chi connectivity index (χ4n) is 1.82. The summed E-state index contributed by atoms with van der Waals surface area (Å²) in [7, 11) is 0. The second-order valence-electron chi connectivity index (χ2n) is 4.78.